The Hall–Kier alpha value is -3.07. The Bertz CT molecular complexity index is 1130. The molecule has 2 fully saturated rings. The third-order valence-electron chi connectivity index (χ3n) is 7.17. The van der Waals surface area contributed by atoms with E-state index in [1.54, 1.807) is 12.2 Å². The van der Waals surface area contributed by atoms with Crippen LogP contribution in [0.1, 0.15) is 28.8 Å². The van der Waals surface area contributed by atoms with Crippen LogP contribution >= 0.6 is 0 Å². The van der Waals surface area contributed by atoms with E-state index < -0.39 is 0 Å². The number of anilines is 1. The maximum absolute atomic E-state index is 12.6. The quantitative estimate of drug-likeness (QED) is 0.457. The average molecular weight is 493 g/mol. The number of hydrogen-bond acceptors (Lipinski definition) is 7. The minimum absolute atomic E-state index is 0.306. The van der Waals surface area contributed by atoms with Gasteiger partial charge in [-0.05, 0) is 73.8 Å². The van der Waals surface area contributed by atoms with Crippen molar-refractivity contribution in [1.29, 1.82) is 0 Å². The van der Waals surface area contributed by atoms with E-state index in [1.165, 1.54) is 11.3 Å². The molecule has 3 aromatic rings. The molecule has 2 aliphatic heterocycles. The van der Waals surface area contributed by atoms with E-state index in [0.717, 1.165) is 68.6 Å². The molecule has 5 rings (SSSR count). The summed E-state index contributed by atoms with van der Waals surface area (Å²) in [7, 11) is 1.70. The smallest absolute Gasteiger partial charge is 0.357 e. The van der Waals surface area contributed by atoms with E-state index in [9.17, 15) is 4.79 Å². The fourth-order valence-corrected chi connectivity index (χ4v) is 4.99. The maximum atomic E-state index is 12.6. The Labute approximate surface area is 212 Å². The molecule has 36 heavy (non-hydrogen) atoms. The minimum atomic E-state index is -0.306. The maximum Gasteiger partial charge on any atom is 0.357 e. The summed E-state index contributed by atoms with van der Waals surface area (Å²) >= 11 is 0. The lowest BCUT2D eigenvalue weighted by Gasteiger charge is -2.36. The summed E-state index contributed by atoms with van der Waals surface area (Å²) in [5, 5.41) is 2.80. The van der Waals surface area contributed by atoms with E-state index in [1.807, 2.05) is 30.3 Å². The predicted octanol–water partition coefficient (Wildman–Crippen LogP) is 3.73. The number of aromatic nitrogens is 1. The van der Waals surface area contributed by atoms with Crippen LogP contribution in [-0.2, 0) is 16.0 Å². The van der Waals surface area contributed by atoms with Crippen LogP contribution in [0.25, 0.3) is 10.9 Å². The lowest BCUT2D eigenvalue weighted by Crippen LogP contribution is -2.46. The number of H-pyrrole nitrogens is 1. The molecule has 0 amide bonds. The van der Waals surface area contributed by atoms with Crippen molar-refractivity contribution in [2.24, 2.45) is 0 Å². The second-order valence-electron chi connectivity index (χ2n) is 9.48. The Kier molecular flexibility index (Phi) is 8.05. The van der Waals surface area contributed by atoms with Crippen LogP contribution in [0.2, 0.25) is 0 Å². The molecule has 1 N–H and O–H groups in total. The van der Waals surface area contributed by atoms with Gasteiger partial charge in [-0.1, -0.05) is 0 Å². The van der Waals surface area contributed by atoms with Gasteiger partial charge in [-0.25, -0.2) is 4.79 Å². The van der Waals surface area contributed by atoms with Crippen LogP contribution in [0.4, 0.5) is 5.69 Å². The van der Waals surface area contributed by atoms with Gasteiger partial charge in [0.05, 0.1) is 39.0 Å². The first-order valence-electron chi connectivity index (χ1n) is 13.0. The van der Waals surface area contributed by atoms with Gasteiger partial charge >= 0.3 is 5.97 Å². The zero-order valence-corrected chi connectivity index (χ0v) is 21.1. The molecule has 3 heterocycles. The van der Waals surface area contributed by atoms with E-state index in [0.29, 0.717) is 31.9 Å². The summed E-state index contributed by atoms with van der Waals surface area (Å²) in [4.78, 5) is 26.5. The van der Waals surface area contributed by atoms with Crippen LogP contribution < -0.4 is 9.64 Å². The number of morpholine rings is 1. The van der Waals surface area contributed by atoms with Crippen molar-refractivity contribution in [3.63, 3.8) is 0 Å². The summed E-state index contributed by atoms with van der Waals surface area (Å²) in [6.45, 7) is 7.81. The number of carbonyl (C=O) groups is 1. The molecule has 8 nitrogen and oxygen atoms in total. The number of fused-ring (bicyclic) bond motifs is 1. The van der Waals surface area contributed by atoms with Crippen molar-refractivity contribution in [1.82, 2.24) is 14.9 Å². The molecule has 8 heteroatoms. The van der Waals surface area contributed by atoms with Crippen LogP contribution in [-0.4, -0.2) is 87.1 Å². The molecule has 0 aliphatic carbocycles. The minimum Gasteiger partial charge on any atom is -0.497 e. The summed E-state index contributed by atoms with van der Waals surface area (Å²) < 4.78 is 10.6. The fourth-order valence-electron chi connectivity index (χ4n) is 4.99. The molecule has 0 spiro atoms. The highest BCUT2D eigenvalue weighted by molar-refractivity contribution is 5.95. The molecule has 2 aliphatic rings. The second kappa shape index (κ2) is 11.8. The van der Waals surface area contributed by atoms with Gasteiger partial charge in [-0.3, -0.25) is 4.90 Å². The average Bonchev–Trinajstić information content (AvgIpc) is 3.34. The Balaban J connectivity index is 1.08. The molecule has 0 radical (unpaired) electrons. The van der Waals surface area contributed by atoms with Gasteiger partial charge in [0.25, 0.3) is 0 Å². The number of hydrogen-bond donors (Lipinski definition) is 1. The molecule has 0 atom stereocenters. The summed E-state index contributed by atoms with van der Waals surface area (Å²) in [5.41, 5.74) is 4.17. The highest BCUT2D eigenvalue weighted by Gasteiger charge is 2.19. The predicted molar refractivity (Wildman–Crippen MR) is 141 cm³/mol. The van der Waals surface area contributed by atoms with Crippen molar-refractivity contribution in [3.05, 3.63) is 59.8 Å². The fraction of sp³-hybridized carbons (Fsp3) is 0.464. The monoisotopic (exact) mass is 492 g/mol. The summed E-state index contributed by atoms with van der Waals surface area (Å²) in [6, 6.07) is 14.1. The normalized spacial score (nSPS) is 17.4. The topological polar surface area (TPSA) is 70.3 Å². The lowest BCUT2D eigenvalue weighted by molar-refractivity contribution is -0.150. The highest BCUT2D eigenvalue weighted by Crippen LogP contribution is 2.23. The number of aromatic amines is 1. The number of aryl methyl sites for hydroxylation is 1. The molecule has 0 unspecified atom stereocenters. The summed E-state index contributed by atoms with van der Waals surface area (Å²) in [5.74, 6) is 0.594. The number of methoxy groups -OCH3 is 1. The first-order chi connectivity index (χ1) is 17.7. The van der Waals surface area contributed by atoms with Crippen LogP contribution in [0.5, 0.6) is 5.75 Å². The molecule has 2 aromatic carbocycles. The van der Waals surface area contributed by atoms with E-state index in [2.05, 4.69) is 33.1 Å². The number of nitrogens with one attached hydrogen (secondary N) is 1. The Morgan fingerprint density at radius 3 is 2.50 bits per heavy atom. The van der Waals surface area contributed by atoms with Crippen LogP contribution in [0.3, 0.4) is 0 Å². The number of ether oxygens (including phenoxy) is 2. The number of nitrogens with zero attached hydrogens (tertiary/aromatic N) is 3. The first-order valence-corrected chi connectivity index (χ1v) is 13.0. The van der Waals surface area contributed by atoms with Crippen molar-refractivity contribution in [3.8, 4) is 5.75 Å². The number of carbonyl (C=O) groups excluding carboxylic acids is 1. The molecular formula is C28H36N4O4. The molecule has 2 saturated heterocycles. The molecular weight excluding hydrogens is 456 g/mol. The van der Waals surface area contributed by atoms with Crippen molar-refractivity contribution >= 4 is 22.6 Å². The third kappa shape index (κ3) is 6.00. The van der Waals surface area contributed by atoms with Crippen molar-refractivity contribution in [2.45, 2.75) is 19.3 Å². The highest BCUT2D eigenvalue weighted by atomic mass is 16.7. The van der Waals surface area contributed by atoms with Gasteiger partial charge < -0.3 is 24.2 Å². The van der Waals surface area contributed by atoms with E-state index in [-0.39, 0.29) is 5.97 Å². The van der Waals surface area contributed by atoms with Gasteiger partial charge in [-0.15, -0.1) is 5.06 Å². The van der Waals surface area contributed by atoms with Gasteiger partial charge in [0.2, 0.25) is 0 Å². The van der Waals surface area contributed by atoms with Crippen LogP contribution in [0, 0.1) is 0 Å². The van der Waals surface area contributed by atoms with E-state index in [4.69, 9.17) is 14.3 Å². The van der Waals surface area contributed by atoms with Crippen LogP contribution in [0.15, 0.2) is 48.7 Å². The lowest BCUT2D eigenvalue weighted by atomic mass is 10.0. The first kappa shape index (κ1) is 24.6. The number of unbranched alkanes of at least 4 members (excludes halogenated alkanes) is 1. The Morgan fingerprint density at radius 2 is 1.75 bits per heavy atom. The van der Waals surface area contributed by atoms with Gasteiger partial charge in [-0.2, -0.15) is 0 Å². The summed E-state index contributed by atoms with van der Waals surface area (Å²) in [6.07, 6.45) is 5.35. The number of hydroxylamine groups is 2. The number of rotatable bonds is 9. The molecule has 0 bridgehead atoms. The standard InChI is InChI=1S/C28H36N4O4/c1-34-25-8-6-24(7-9-25)31-14-12-30(13-15-31)11-3-2-4-23-21-29-27-10-5-22(20-26(23)27)28(33)36-32-16-18-35-19-17-32/h5-10,20-21,29H,2-4,11-19H2,1H3. The molecule has 1 aromatic heterocycles. The number of benzene rings is 2. The van der Waals surface area contributed by atoms with Gasteiger partial charge in [0.1, 0.15) is 5.75 Å². The van der Waals surface area contributed by atoms with Crippen molar-refractivity contribution in [2.75, 3.05) is 71.0 Å². The largest absolute Gasteiger partial charge is 0.497 e. The van der Waals surface area contributed by atoms with Gasteiger partial charge in [0, 0.05) is 49.0 Å². The Morgan fingerprint density at radius 1 is 0.972 bits per heavy atom. The number of piperazine rings is 1. The SMILES string of the molecule is COc1ccc(N2CCN(CCCCc3c[nH]c4ccc(C(=O)ON5CCOCC5)cc34)CC2)cc1. The second-order valence-corrected chi connectivity index (χ2v) is 9.48. The molecule has 0 saturated carbocycles. The third-order valence-corrected chi connectivity index (χ3v) is 7.17. The molecule has 192 valence electrons. The zero-order chi connectivity index (χ0) is 24.7. The van der Waals surface area contributed by atoms with E-state index >= 15 is 0 Å². The zero-order valence-electron chi connectivity index (χ0n) is 21.1. The van der Waals surface area contributed by atoms with Gasteiger partial charge in [0.15, 0.2) is 0 Å². The van der Waals surface area contributed by atoms with Crippen molar-refractivity contribution < 1.29 is 19.1 Å².